The van der Waals surface area contributed by atoms with Crippen LogP contribution >= 0.6 is 57.4 Å². The van der Waals surface area contributed by atoms with E-state index >= 15 is 0 Å². The lowest BCUT2D eigenvalue weighted by Crippen LogP contribution is -1.98. The molecule has 0 aliphatic rings. The first-order valence-electron chi connectivity index (χ1n) is 19.8. The zero-order valence-corrected chi connectivity index (χ0v) is 39.6. The molecule has 4 N–H and O–H groups in total. The number of aromatic amines is 1. The number of aliphatic hydroxyl groups excluding tert-OH is 3. The summed E-state index contributed by atoms with van der Waals surface area (Å²) in [4.78, 5) is 17.9. The van der Waals surface area contributed by atoms with Gasteiger partial charge in [-0.3, -0.25) is 0 Å². The largest absolute Gasteiger partial charge is 0.487 e. The third kappa shape index (κ3) is 12.2. The van der Waals surface area contributed by atoms with Crippen molar-refractivity contribution in [1.29, 1.82) is 0 Å². The maximum absolute atomic E-state index is 9.26. The summed E-state index contributed by atoms with van der Waals surface area (Å²) in [7, 11) is 3.71. The number of aryl methyl sites for hydroxylation is 2. The van der Waals surface area contributed by atoms with Gasteiger partial charge in [-0.05, 0) is 39.8 Å². The third-order valence-corrected chi connectivity index (χ3v) is 10.7. The van der Waals surface area contributed by atoms with Crippen LogP contribution in [-0.4, -0.2) is 49.3 Å². The van der Waals surface area contributed by atoms with E-state index in [4.69, 9.17) is 54.1 Å². The van der Waals surface area contributed by atoms with Gasteiger partial charge >= 0.3 is 0 Å². The topological polar surface area (TPSA) is 153 Å². The number of aromatic nitrogens is 6. The number of hydrogen-bond acceptors (Lipinski definition) is 9. The summed E-state index contributed by atoms with van der Waals surface area (Å²) in [5.41, 5.74) is 7.99. The fourth-order valence-corrected chi connectivity index (χ4v) is 7.09. The highest BCUT2D eigenvalue weighted by Crippen LogP contribution is 2.33. The van der Waals surface area contributed by atoms with Gasteiger partial charge in [0.1, 0.15) is 74.4 Å². The summed E-state index contributed by atoms with van der Waals surface area (Å²) in [6, 6.07) is 40.4. The Bertz CT molecular complexity index is 2890. The van der Waals surface area contributed by atoms with E-state index in [0.29, 0.717) is 69.6 Å². The third-order valence-electron chi connectivity index (χ3n) is 9.78. The minimum Gasteiger partial charge on any atom is -0.487 e. The first-order chi connectivity index (χ1) is 31.1. The van der Waals surface area contributed by atoms with Crippen molar-refractivity contribution in [3.05, 3.63) is 177 Å². The molecule has 332 valence electrons. The number of benzene rings is 6. The number of ether oxygens (including phenoxy) is 3. The number of rotatable bonds is 12. The molecule has 3 aromatic heterocycles. The van der Waals surface area contributed by atoms with Crippen LogP contribution in [0.3, 0.4) is 0 Å². The van der Waals surface area contributed by atoms with Gasteiger partial charge in [0.2, 0.25) is 0 Å². The van der Waals surface area contributed by atoms with E-state index in [1.165, 1.54) is 0 Å². The van der Waals surface area contributed by atoms with Gasteiger partial charge in [-0.2, -0.15) is 0 Å². The molecule has 0 saturated heterocycles. The molecule has 0 saturated carbocycles. The number of halogens is 4. The van der Waals surface area contributed by atoms with E-state index in [-0.39, 0.29) is 19.8 Å². The summed E-state index contributed by atoms with van der Waals surface area (Å²) >= 11 is 20.8. The molecule has 3 heterocycles. The zero-order chi connectivity index (χ0) is 45.6. The standard InChI is InChI=1S/2C16H15ClN2O2.C15H13ClN2O2.CH3I/c1-19-14-7-12(17)15(8-13(14)18-16(19)9-20)21-10-11-5-3-2-4-6-11;1-19-14-8-15(21-10-11-5-3-2-4-6-11)12(17)7-13(14)18-16(19)9-20;16-11-6-12-13(18-15(8-19)17-12)7-14(11)20-9-10-4-2-1-3-5-10;1-2/h2*2-8,20H,9-10H2,1H3;1-7,19H,8-9H2,(H,17,18);1H3. The molecule has 12 nitrogen and oxygen atoms in total. The molecule has 0 atom stereocenters. The predicted molar refractivity (Wildman–Crippen MR) is 263 cm³/mol. The second-order valence-electron chi connectivity index (χ2n) is 14.0. The first kappa shape index (κ1) is 48.1. The molecule has 9 rings (SSSR count). The Kier molecular flexibility index (Phi) is 17.7. The van der Waals surface area contributed by atoms with Gasteiger partial charge in [-0.1, -0.05) is 148 Å². The number of nitrogens with zero attached hydrogens (tertiary/aromatic N) is 5. The van der Waals surface area contributed by atoms with Crippen molar-refractivity contribution in [2.24, 2.45) is 14.1 Å². The van der Waals surface area contributed by atoms with Gasteiger partial charge in [0.15, 0.2) is 0 Å². The molecule has 0 unspecified atom stereocenters. The number of nitrogens with one attached hydrogen (secondary N) is 1. The Morgan fingerprint density at radius 2 is 0.891 bits per heavy atom. The zero-order valence-electron chi connectivity index (χ0n) is 35.2. The first-order valence-corrected chi connectivity index (χ1v) is 23.1. The van der Waals surface area contributed by atoms with Crippen molar-refractivity contribution in [2.45, 2.75) is 39.6 Å². The van der Waals surface area contributed by atoms with Crippen molar-refractivity contribution in [3.8, 4) is 17.2 Å². The van der Waals surface area contributed by atoms with Gasteiger partial charge in [0.05, 0.1) is 48.2 Å². The van der Waals surface area contributed by atoms with E-state index in [1.807, 2.05) is 131 Å². The quantitative estimate of drug-likeness (QED) is 0.0692. The Hall–Kier alpha value is -5.39. The van der Waals surface area contributed by atoms with E-state index in [0.717, 1.165) is 49.8 Å². The van der Waals surface area contributed by atoms with Crippen LogP contribution < -0.4 is 14.2 Å². The van der Waals surface area contributed by atoms with Crippen LogP contribution in [0.4, 0.5) is 0 Å². The lowest BCUT2D eigenvalue weighted by molar-refractivity contribution is 0.268. The Morgan fingerprint density at radius 1 is 0.500 bits per heavy atom. The summed E-state index contributed by atoms with van der Waals surface area (Å²) in [6.45, 7) is 1.00. The summed E-state index contributed by atoms with van der Waals surface area (Å²) in [6.07, 6.45) is 0. The van der Waals surface area contributed by atoms with E-state index < -0.39 is 0 Å². The minimum absolute atomic E-state index is 0.108. The molecule has 0 fully saturated rings. The van der Waals surface area contributed by atoms with E-state index in [1.54, 1.807) is 24.3 Å². The molecular weight excluding hydrogens is 990 g/mol. The van der Waals surface area contributed by atoms with E-state index in [9.17, 15) is 10.2 Å². The predicted octanol–water partition coefficient (Wildman–Crippen LogP) is 10.9. The monoisotopic (exact) mass is 1030 g/mol. The van der Waals surface area contributed by atoms with Crippen molar-refractivity contribution in [1.82, 2.24) is 29.1 Å². The summed E-state index contributed by atoms with van der Waals surface area (Å²) in [5, 5.41) is 29.2. The lowest BCUT2D eigenvalue weighted by Gasteiger charge is -2.09. The molecule has 6 aromatic carbocycles. The van der Waals surface area contributed by atoms with Crippen LogP contribution in [0.1, 0.15) is 34.2 Å². The van der Waals surface area contributed by atoms with Gasteiger partial charge in [-0.15, -0.1) is 0 Å². The number of H-pyrrole nitrogens is 1. The highest BCUT2D eigenvalue weighted by atomic mass is 127. The van der Waals surface area contributed by atoms with Gasteiger partial charge < -0.3 is 43.6 Å². The molecule has 0 spiro atoms. The summed E-state index contributed by atoms with van der Waals surface area (Å²) in [5.74, 6) is 3.49. The normalized spacial score (nSPS) is 10.7. The molecule has 0 aliphatic heterocycles. The van der Waals surface area contributed by atoms with Crippen molar-refractivity contribution in [2.75, 3.05) is 4.93 Å². The second-order valence-corrected chi connectivity index (χ2v) is 15.2. The van der Waals surface area contributed by atoms with Crippen molar-refractivity contribution >= 4 is 90.5 Å². The average Bonchev–Trinajstić information content (AvgIpc) is 3.99. The number of alkyl halides is 1. The SMILES string of the molecule is CI.Cn1c(CO)nc2cc(Cl)c(OCc3ccccc3)cc21.Cn1c(CO)nc2cc(OCc3ccccc3)c(Cl)cc21.OCc1nc2cc(OCc3ccccc3)c(Cl)cc2[nH]1. The Labute approximate surface area is 399 Å². The van der Waals surface area contributed by atoms with E-state index in [2.05, 4.69) is 42.5 Å². The smallest absolute Gasteiger partial charge is 0.140 e. The molecule has 0 aliphatic carbocycles. The van der Waals surface area contributed by atoms with Crippen LogP contribution in [0.15, 0.2) is 127 Å². The molecule has 0 amide bonds. The number of aliphatic hydroxyl groups is 3. The van der Waals surface area contributed by atoms with Crippen LogP contribution in [0, 0.1) is 0 Å². The average molecular weight is 1040 g/mol. The molecule has 9 aromatic rings. The molecular formula is C48H46Cl3IN6O6. The van der Waals surface area contributed by atoms with Gasteiger partial charge in [0.25, 0.3) is 0 Å². The number of imidazole rings is 3. The second kappa shape index (κ2) is 23.5. The molecule has 0 bridgehead atoms. The number of hydrogen-bond donors (Lipinski definition) is 4. The van der Waals surface area contributed by atoms with Crippen LogP contribution in [0.25, 0.3) is 33.1 Å². The minimum atomic E-state index is -0.132. The van der Waals surface area contributed by atoms with Crippen molar-refractivity contribution < 1.29 is 29.5 Å². The highest BCUT2D eigenvalue weighted by Gasteiger charge is 2.14. The van der Waals surface area contributed by atoms with Crippen LogP contribution in [0.5, 0.6) is 17.2 Å². The Morgan fingerprint density at radius 3 is 1.34 bits per heavy atom. The summed E-state index contributed by atoms with van der Waals surface area (Å²) < 4.78 is 20.9. The van der Waals surface area contributed by atoms with Gasteiger partial charge in [-0.25, -0.2) is 15.0 Å². The maximum Gasteiger partial charge on any atom is 0.140 e. The molecule has 64 heavy (non-hydrogen) atoms. The fraction of sp³-hybridized carbons (Fsp3) is 0.188. The number of fused-ring (bicyclic) bond motifs is 3. The van der Waals surface area contributed by atoms with Gasteiger partial charge in [0, 0.05) is 32.3 Å². The maximum atomic E-state index is 9.26. The van der Waals surface area contributed by atoms with Crippen LogP contribution in [-0.2, 0) is 53.7 Å². The molecule has 0 radical (unpaired) electrons. The Balaban J connectivity index is 0.000000156. The van der Waals surface area contributed by atoms with Crippen molar-refractivity contribution in [3.63, 3.8) is 0 Å². The van der Waals surface area contributed by atoms with Crippen LogP contribution in [0.2, 0.25) is 15.1 Å². The fourth-order valence-electron chi connectivity index (χ4n) is 6.45. The molecule has 16 heteroatoms. The highest BCUT2D eigenvalue weighted by molar-refractivity contribution is 14.1. The lowest BCUT2D eigenvalue weighted by atomic mass is 10.2.